The predicted molar refractivity (Wildman–Crippen MR) is 121 cm³/mol. The molecule has 0 aliphatic rings. The molecule has 0 atom stereocenters. The monoisotopic (exact) mass is 437 g/mol. The molecular formula is C23H20ClN3O2S. The first-order chi connectivity index (χ1) is 14.5. The number of halogens is 1. The van der Waals surface area contributed by atoms with Crippen LogP contribution in [0.5, 0.6) is 0 Å². The molecule has 0 bridgehead atoms. The van der Waals surface area contributed by atoms with E-state index < -0.39 is 0 Å². The van der Waals surface area contributed by atoms with Crippen LogP contribution in [0.2, 0.25) is 5.02 Å². The second-order valence-corrected chi connectivity index (χ2v) is 8.56. The Balaban J connectivity index is 1.67. The summed E-state index contributed by atoms with van der Waals surface area (Å²) in [7, 11) is 1.77. The van der Waals surface area contributed by atoms with Crippen molar-refractivity contribution >= 4 is 39.1 Å². The number of thiophene rings is 1. The number of hydrogen-bond acceptors (Lipinski definition) is 4. The van der Waals surface area contributed by atoms with Crippen LogP contribution in [0, 0.1) is 6.92 Å². The maximum atomic E-state index is 13.1. The molecule has 30 heavy (non-hydrogen) atoms. The number of hydrogen-bond donors (Lipinski definition) is 0. The summed E-state index contributed by atoms with van der Waals surface area (Å²) in [4.78, 5) is 33.4. The van der Waals surface area contributed by atoms with Crippen molar-refractivity contribution < 1.29 is 4.79 Å². The summed E-state index contributed by atoms with van der Waals surface area (Å²) in [5, 5.41) is 1.09. The van der Waals surface area contributed by atoms with Crippen molar-refractivity contribution in [2.75, 3.05) is 7.05 Å². The third-order valence-electron chi connectivity index (χ3n) is 5.02. The molecule has 7 heteroatoms. The lowest BCUT2D eigenvalue weighted by atomic mass is 10.1. The Kier molecular flexibility index (Phi) is 5.70. The van der Waals surface area contributed by atoms with Crippen LogP contribution in [0.15, 0.2) is 65.7 Å². The zero-order chi connectivity index (χ0) is 21.3. The number of nitrogens with zero attached hydrogens (tertiary/aromatic N) is 3. The van der Waals surface area contributed by atoms with Crippen molar-refractivity contribution in [3.63, 3.8) is 0 Å². The third kappa shape index (κ3) is 3.88. The minimum Gasteiger partial charge on any atom is -0.337 e. The van der Waals surface area contributed by atoms with E-state index >= 15 is 0 Å². The predicted octanol–water partition coefficient (Wildman–Crippen LogP) is 4.74. The summed E-state index contributed by atoms with van der Waals surface area (Å²) >= 11 is 7.50. The molecule has 0 spiro atoms. The van der Waals surface area contributed by atoms with Gasteiger partial charge in [-0.25, -0.2) is 4.98 Å². The highest BCUT2D eigenvalue weighted by atomic mass is 35.5. The minimum absolute atomic E-state index is 0.114. The number of rotatable bonds is 5. The molecule has 0 N–H and O–H groups in total. The van der Waals surface area contributed by atoms with Crippen molar-refractivity contribution in [1.82, 2.24) is 14.5 Å². The van der Waals surface area contributed by atoms with E-state index in [9.17, 15) is 9.59 Å². The minimum atomic E-state index is -0.168. The number of benzene rings is 2. The van der Waals surface area contributed by atoms with Gasteiger partial charge in [0.2, 0.25) is 0 Å². The van der Waals surface area contributed by atoms with Gasteiger partial charge in [0.1, 0.15) is 4.83 Å². The van der Waals surface area contributed by atoms with E-state index in [-0.39, 0.29) is 11.5 Å². The van der Waals surface area contributed by atoms with Crippen LogP contribution in [-0.2, 0) is 13.1 Å². The molecule has 0 aliphatic heterocycles. The van der Waals surface area contributed by atoms with Crippen molar-refractivity contribution in [1.29, 1.82) is 0 Å². The first-order valence-corrected chi connectivity index (χ1v) is 10.7. The van der Waals surface area contributed by atoms with Gasteiger partial charge in [0, 0.05) is 18.6 Å². The van der Waals surface area contributed by atoms with Crippen molar-refractivity contribution in [2.24, 2.45) is 0 Å². The molecule has 4 aromatic rings. The fraction of sp³-hybridized carbons (Fsp3) is 0.174. The first-order valence-electron chi connectivity index (χ1n) is 9.47. The van der Waals surface area contributed by atoms with E-state index in [1.54, 1.807) is 18.0 Å². The standard InChI is InChI=1S/C23H20ClN3O2S/c1-15-19-21(25-14-27(22(19)28)13-17-10-6-7-11-18(17)24)30-20(15)23(29)26(2)12-16-8-4-3-5-9-16/h3-11,14H,12-13H2,1-2H3. The molecule has 0 saturated carbocycles. The van der Waals surface area contributed by atoms with Gasteiger partial charge in [0.05, 0.1) is 23.1 Å². The van der Waals surface area contributed by atoms with Gasteiger partial charge < -0.3 is 4.90 Å². The lowest BCUT2D eigenvalue weighted by Gasteiger charge is -2.16. The molecule has 2 aromatic heterocycles. The molecule has 5 nitrogen and oxygen atoms in total. The van der Waals surface area contributed by atoms with Crippen LogP contribution in [0.25, 0.3) is 10.2 Å². The number of fused-ring (bicyclic) bond motifs is 1. The van der Waals surface area contributed by atoms with E-state index in [1.807, 2.05) is 55.5 Å². The zero-order valence-corrected chi connectivity index (χ0v) is 18.2. The van der Waals surface area contributed by atoms with Crippen molar-refractivity contribution in [3.8, 4) is 0 Å². The Hall–Kier alpha value is -2.96. The van der Waals surface area contributed by atoms with Crippen LogP contribution in [0.1, 0.15) is 26.4 Å². The van der Waals surface area contributed by atoms with Gasteiger partial charge in [-0.2, -0.15) is 0 Å². The van der Waals surface area contributed by atoms with E-state index in [4.69, 9.17) is 11.6 Å². The molecule has 0 saturated heterocycles. The number of amides is 1. The van der Waals surface area contributed by atoms with Gasteiger partial charge in [-0.05, 0) is 29.7 Å². The summed E-state index contributed by atoms with van der Waals surface area (Å²) in [6.07, 6.45) is 1.52. The fourth-order valence-electron chi connectivity index (χ4n) is 3.39. The highest BCUT2D eigenvalue weighted by Gasteiger charge is 2.22. The SMILES string of the molecule is Cc1c(C(=O)N(C)Cc2ccccc2)sc2ncn(Cc3ccccc3Cl)c(=O)c12. The Morgan fingerprint density at radius 1 is 1.13 bits per heavy atom. The Morgan fingerprint density at radius 3 is 2.57 bits per heavy atom. The zero-order valence-electron chi connectivity index (χ0n) is 16.6. The lowest BCUT2D eigenvalue weighted by Crippen LogP contribution is -2.26. The van der Waals surface area contributed by atoms with Crippen LogP contribution in [-0.4, -0.2) is 27.4 Å². The Bertz CT molecular complexity index is 1280. The summed E-state index contributed by atoms with van der Waals surface area (Å²) < 4.78 is 1.53. The first kappa shape index (κ1) is 20.3. The van der Waals surface area contributed by atoms with E-state index in [0.29, 0.717) is 38.8 Å². The molecule has 1 amide bonds. The lowest BCUT2D eigenvalue weighted by molar-refractivity contribution is 0.0789. The van der Waals surface area contributed by atoms with Crippen LogP contribution < -0.4 is 5.56 Å². The number of carbonyl (C=O) groups is 1. The van der Waals surface area contributed by atoms with Crippen LogP contribution in [0.3, 0.4) is 0 Å². The molecule has 2 heterocycles. The Labute approximate surface area is 183 Å². The maximum Gasteiger partial charge on any atom is 0.264 e. The third-order valence-corrected chi connectivity index (χ3v) is 6.58. The largest absolute Gasteiger partial charge is 0.337 e. The summed E-state index contributed by atoms with van der Waals surface area (Å²) in [5.74, 6) is -0.114. The van der Waals surface area contributed by atoms with Gasteiger partial charge in [-0.3, -0.25) is 14.2 Å². The number of carbonyl (C=O) groups excluding carboxylic acids is 1. The molecule has 0 unspecified atom stereocenters. The van der Waals surface area contributed by atoms with E-state index in [0.717, 1.165) is 11.1 Å². The molecule has 0 fully saturated rings. The maximum absolute atomic E-state index is 13.1. The fourth-order valence-corrected chi connectivity index (χ4v) is 4.72. The van der Waals surface area contributed by atoms with Gasteiger partial charge in [-0.1, -0.05) is 60.1 Å². The highest BCUT2D eigenvalue weighted by Crippen LogP contribution is 2.28. The van der Waals surface area contributed by atoms with Gasteiger partial charge in [-0.15, -0.1) is 11.3 Å². The molecule has 0 aliphatic carbocycles. The van der Waals surface area contributed by atoms with E-state index in [1.165, 1.54) is 22.2 Å². The van der Waals surface area contributed by atoms with Gasteiger partial charge in [0.25, 0.3) is 11.5 Å². The topological polar surface area (TPSA) is 55.2 Å². The van der Waals surface area contributed by atoms with Gasteiger partial charge >= 0.3 is 0 Å². The Morgan fingerprint density at radius 2 is 1.83 bits per heavy atom. The molecular weight excluding hydrogens is 418 g/mol. The highest BCUT2D eigenvalue weighted by molar-refractivity contribution is 7.20. The second kappa shape index (κ2) is 8.42. The van der Waals surface area contributed by atoms with E-state index in [2.05, 4.69) is 4.98 Å². The van der Waals surface area contributed by atoms with Crippen molar-refractivity contribution in [3.05, 3.63) is 97.9 Å². The molecule has 4 rings (SSSR count). The molecule has 152 valence electrons. The smallest absolute Gasteiger partial charge is 0.264 e. The quantitative estimate of drug-likeness (QED) is 0.453. The summed E-state index contributed by atoms with van der Waals surface area (Å²) in [6.45, 7) is 2.64. The second-order valence-electron chi connectivity index (χ2n) is 7.15. The van der Waals surface area contributed by atoms with Gasteiger partial charge in [0.15, 0.2) is 0 Å². The molecule has 0 radical (unpaired) electrons. The number of aryl methyl sites for hydroxylation is 1. The summed E-state index contributed by atoms with van der Waals surface area (Å²) in [5.41, 5.74) is 2.39. The average molecular weight is 438 g/mol. The normalized spacial score (nSPS) is 11.0. The number of aromatic nitrogens is 2. The average Bonchev–Trinajstić information content (AvgIpc) is 3.09. The molecule has 2 aromatic carbocycles. The van der Waals surface area contributed by atoms with Crippen LogP contribution in [0.4, 0.5) is 0 Å². The summed E-state index contributed by atoms with van der Waals surface area (Å²) in [6, 6.07) is 17.2. The van der Waals surface area contributed by atoms with Crippen LogP contribution >= 0.6 is 22.9 Å². The van der Waals surface area contributed by atoms with Crippen molar-refractivity contribution in [2.45, 2.75) is 20.0 Å².